The molecule has 1 saturated heterocycles. The van der Waals surface area contributed by atoms with Gasteiger partial charge in [-0.3, -0.25) is 4.79 Å². The molecule has 1 aliphatic heterocycles. The lowest BCUT2D eigenvalue weighted by molar-refractivity contribution is -0.136. The van der Waals surface area contributed by atoms with Gasteiger partial charge in [-0.05, 0) is 44.6 Å². The van der Waals surface area contributed by atoms with Gasteiger partial charge in [0.25, 0.3) is 0 Å². The molecule has 5 nitrogen and oxygen atoms in total. The molecular weight excluding hydrogens is 288 g/mol. The molecule has 0 bridgehead atoms. The molecule has 23 heavy (non-hydrogen) atoms. The molecule has 5 heteroatoms. The van der Waals surface area contributed by atoms with E-state index in [4.69, 9.17) is 0 Å². The number of hydrogen-bond acceptors (Lipinski definition) is 4. The van der Waals surface area contributed by atoms with Crippen LogP contribution in [0.3, 0.4) is 0 Å². The monoisotopic (exact) mass is 314 g/mol. The number of aromatic nitrogens is 2. The molecule has 124 valence electrons. The van der Waals surface area contributed by atoms with Crippen LogP contribution in [0.2, 0.25) is 0 Å². The zero-order valence-electron chi connectivity index (χ0n) is 13.7. The maximum atomic E-state index is 12.6. The summed E-state index contributed by atoms with van der Waals surface area (Å²) in [6.45, 7) is 1.82. The topological polar surface area (TPSA) is 49.3 Å². The second-order valence-corrected chi connectivity index (χ2v) is 7.24. The van der Waals surface area contributed by atoms with Crippen LogP contribution in [0, 0.1) is 5.92 Å². The molecule has 1 aromatic heterocycles. The zero-order valence-corrected chi connectivity index (χ0v) is 13.7. The molecule has 0 atom stereocenters. The Morgan fingerprint density at radius 1 is 1.04 bits per heavy atom. The maximum Gasteiger partial charge on any atom is 0.225 e. The van der Waals surface area contributed by atoms with Crippen molar-refractivity contribution in [1.82, 2.24) is 14.9 Å². The van der Waals surface area contributed by atoms with Crippen LogP contribution in [0.5, 0.6) is 0 Å². The highest BCUT2D eigenvalue weighted by Gasteiger charge is 2.37. The number of carbonyl (C=O) groups excluding carboxylic acids is 1. The molecule has 3 aliphatic rings. The van der Waals surface area contributed by atoms with E-state index in [0.29, 0.717) is 23.9 Å². The minimum absolute atomic E-state index is 0.313. The van der Waals surface area contributed by atoms with Gasteiger partial charge in [0.15, 0.2) is 0 Å². The molecule has 0 aromatic carbocycles. The lowest BCUT2D eigenvalue weighted by Gasteiger charge is -2.40. The van der Waals surface area contributed by atoms with Crippen molar-refractivity contribution in [3.63, 3.8) is 0 Å². The highest BCUT2D eigenvalue weighted by Crippen LogP contribution is 2.35. The molecule has 2 saturated carbocycles. The van der Waals surface area contributed by atoms with Gasteiger partial charge < -0.3 is 9.80 Å². The molecule has 0 unspecified atom stereocenters. The van der Waals surface area contributed by atoms with Gasteiger partial charge in [-0.2, -0.15) is 0 Å². The Morgan fingerprint density at radius 3 is 2.35 bits per heavy atom. The van der Waals surface area contributed by atoms with Crippen molar-refractivity contribution in [2.24, 2.45) is 5.92 Å². The van der Waals surface area contributed by atoms with Gasteiger partial charge in [0.2, 0.25) is 5.91 Å². The zero-order chi connectivity index (χ0) is 15.6. The van der Waals surface area contributed by atoms with Crippen LogP contribution >= 0.6 is 0 Å². The number of hydrogen-bond donors (Lipinski definition) is 0. The minimum Gasteiger partial charge on any atom is -0.350 e. The minimum atomic E-state index is 0.313. The van der Waals surface area contributed by atoms with Gasteiger partial charge in [-0.15, -0.1) is 0 Å². The van der Waals surface area contributed by atoms with Gasteiger partial charge >= 0.3 is 0 Å². The predicted octanol–water partition coefficient (Wildman–Crippen LogP) is 2.63. The van der Waals surface area contributed by atoms with E-state index in [1.54, 1.807) is 6.33 Å². The molecule has 0 N–H and O–H groups in total. The second kappa shape index (κ2) is 6.46. The van der Waals surface area contributed by atoms with Crippen LogP contribution in [0.4, 0.5) is 5.82 Å². The van der Waals surface area contributed by atoms with Crippen LogP contribution in [-0.4, -0.2) is 45.9 Å². The van der Waals surface area contributed by atoms with Crippen LogP contribution in [0.15, 0.2) is 18.6 Å². The lowest BCUT2D eigenvalue weighted by atomic mass is 9.99. The summed E-state index contributed by atoms with van der Waals surface area (Å²) in [6.07, 6.45) is 12.8. The van der Waals surface area contributed by atoms with Gasteiger partial charge in [-0.1, -0.05) is 12.8 Å². The second-order valence-electron chi connectivity index (χ2n) is 7.24. The standard InChI is InChI=1S/C18H26N4O/c23-18(14-3-1-2-4-14)21-11-8-16(9-12-21)22(15-5-6-15)17-7-10-19-13-20-17/h7,10,13-16H,1-6,8-9,11-12H2. The number of piperidine rings is 1. The summed E-state index contributed by atoms with van der Waals surface area (Å²) in [5.41, 5.74) is 0. The molecule has 1 amide bonds. The summed E-state index contributed by atoms with van der Waals surface area (Å²) in [6, 6.07) is 3.19. The van der Waals surface area contributed by atoms with Gasteiger partial charge in [0, 0.05) is 37.3 Å². The summed E-state index contributed by atoms with van der Waals surface area (Å²) >= 11 is 0. The van der Waals surface area contributed by atoms with E-state index in [9.17, 15) is 4.79 Å². The number of carbonyl (C=O) groups is 1. The van der Waals surface area contributed by atoms with Gasteiger partial charge in [-0.25, -0.2) is 9.97 Å². The average molecular weight is 314 g/mol. The summed E-state index contributed by atoms with van der Waals surface area (Å²) in [4.78, 5) is 25.7. The van der Waals surface area contributed by atoms with Crippen LogP contribution in [0.25, 0.3) is 0 Å². The Labute approximate surface area is 138 Å². The predicted molar refractivity (Wildman–Crippen MR) is 89.1 cm³/mol. The Hall–Kier alpha value is -1.65. The van der Waals surface area contributed by atoms with E-state index in [1.807, 2.05) is 12.3 Å². The Bertz CT molecular complexity index is 531. The summed E-state index contributed by atoms with van der Waals surface area (Å²) in [5, 5.41) is 0. The van der Waals surface area contributed by atoms with Crippen molar-refractivity contribution in [2.45, 2.75) is 63.5 Å². The van der Waals surface area contributed by atoms with Crippen molar-refractivity contribution < 1.29 is 4.79 Å². The van der Waals surface area contributed by atoms with Gasteiger partial charge in [0.05, 0.1) is 0 Å². The van der Waals surface area contributed by atoms with E-state index < -0.39 is 0 Å². The molecule has 0 radical (unpaired) electrons. The molecule has 0 spiro atoms. The largest absolute Gasteiger partial charge is 0.350 e. The highest BCUT2D eigenvalue weighted by atomic mass is 16.2. The summed E-state index contributed by atoms with van der Waals surface area (Å²) < 4.78 is 0. The quantitative estimate of drug-likeness (QED) is 0.857. The van der Waals surface area contributed by atoms with Crippen LogP contribution in [0.1, 0.15) is 51.4 Å². The van der Waals surface area contributed by atoms with E-state index >= 15 is 0 Å². The number of nitrogens with zero attached hydrogens (tertiary/aromatic N) is 4. The number of likely N-dealkylation sites (tertiary alicyclic amines) is 1. The van der Waals surface area contributed by atoms with Crippen molar-refractivity contribution in [2.75, 3.05) is 18.0 Å². The third-order valence-corrected chi connectivity index (χ3v) is 5.65. The maximum absolute atomic E-state index is 12.6. The summed E-state index contributed by atoms with van der Waals surface area (Å²) in [5.74, 6) is 1.79. The van der Waals surface area contributed by atoms with E-state index in [0.717, 1.165) is 44.6 Å². The fourth-order valence-corrected chi connectivity index (χ4v) is 4.26. The van der Waals surface area contributed by atoms with E-state index in [-0.39, 0.29) is 0 Å². The Morgan fingerprint density at radius 2 is 1.74 bits per heavy atom. The normalized spacial score (nSPS) is 23.2. The Kier molecular flexibility index (Phi) is 4.19. The number of amides is 1. The van der Waals surface area contributed by atoms with Crippen molar-refractivity contribution in [1.29, 1.82) is 0 Å². The lowest BCUT2D eigenvalue weighted by Crippen LogP contribution is -2.49. The SMILES string of the molecule is O=C(C1CCCC1)N1CCC(N(c2ccncn2)C2CC2)CC1. The Balaban J connectivity index is 1.39. The number of rotatable bonds is 4. The molecule has 2 aliphatic carbocycles. The first-order chi connectivity index (χ1) is 11.3. The molecule has 4 rings (SSSR count). The van der Waals surface area contributed by atoms with Crippen molar-refractivity contribution >= 4 is 11.7 Å². The van der Waals surface area contributed by atoms with E-state index in [2.05, 4.69) is 19.8 Å². The first kappa shape index (κ1) is 14.9. The average Bonchev–Trinajstić information content (AvgIpc) is 3.28. The van der Waals surface area contributed by atoms with E-state index in [1.165, 1.54) is 25.7 Å². The van der Waals surface area contributed by atoms with Gasteiger partial charge in [0.1, 0.15) is 12.1 Å². The molecular formula is C18H26N4O. The highest BCUT2D eigenvalue weighted by molar-refractivity contribution is 5.79. The smallest absolute Gasteiger partial charge is 0.225 e. The molecule has 1 aromatic rings. The van der Waals surface area contributed by atoms with Crippen LogP contribution in [-0.2, 0) is 4.79 Å². The third kappa shape index (κ3) is 3.19. The van der Waals surface area contributed by atoms with Crippen molar-refractivity contribution in [3.8, 4) is 0 Å². The summed E-state index contributed by atoms with van der Waals surface area (Å²) in [7, 11) is 0. The van der Waals surface area contributed by atoms with Crippen LogP contribution < -0.4 is 4.90 Å². The van der Waals surface area contributed by atoms with Crippen molar-refractivity contribution in [3.05, 3.63) is 18.6 Å². The first-order valence-corrected chi connectivity index (χ1v) is 9.16. The molecule has 2 heterocycles. The molecule has 3 fully saturated rings. The number of anilines is 1. The first-order valence-electron chi connectivity index (χ1n) is 9.16. The fraction of sp³-hybridized carbons (Fsp3) is 0.722. The third-order valence-electron chi connectivity index (χ3n) is 5.65. The fourth-order valence-electron chi connectivity index (χ4n) is 4.26.